The minimum absolute atomic E-state index is 1.13. The Labute approximate surface area is 78.0 Å². The van der Waals surface area contributed by atoms with Crippen LogP contribution in [0, 0.1) is 0 Å². The normalized spacial score (nSPS) is 8.25. The highest BCUT2D eigenvalue weighted by molar-refractivity contribution is 5.00. The van der Waals surface area contributed by atoms with Crippen molar-refractivity contribution in [1.29, 1.82) is 0 Å². The lowest BCUT2D eigenvalue weighted by Crippen LogP contribution is -1.48. The van der Waals surface area contributed by atoms with Gasteiger partial charge in [0.25, 0.3) is 0 Å². The average Bonchev–Trinajstić information content (AvgIpc) is 2.11. The molecule has 0 heteroatoms. The first kappa shape index (κ1) is 17.2. The van der Waals surface area contributed by atoms with Crippen LogP contribution in [0.3, 0.4) is 0 Å². The Morgan fingerprint density at radius 1 is 1.08 bits per heavy atom. The van der Waals surface area contributed by atoms with E-state index < -0.39 is 0 Å². The maximum Gasteiger partial charge on any atom is -0.0376 e. The Kier molecular flexibility index (Phi) is 46.5. The summed E-state index contributed by atoms with van der Waals surface area (Å²) in [5.41, 5.74) is 0. The van der Waals surface area contributed by atoms with Gasteiger partial charge in [0.15, 0.2) is 0 Å². The summed E-state index contributed by atoms with van der Waals surface area (Å²) in [6, 6.07) is 0. The van der Waals surface area contributed by atoms with Crippen LogP contribution in [-0.2, 0) is 0 Å². The van der Waals surface area contributed by atoms with Crippen molar-refractivity contribution in [3.05, 3.63) is 50.1 Å². The average molecular weight is 166 g/mol. The molecule has 0 amide bonds. The lowest BCUT2D eigenvalue weighted by atomic mass is 10.4. The fourth-order valence-corrected chi connectivity index (χ4v) is 0.326. The van der Waals surface area contributed by atoms with Crippen LogP contribution in [0.4, 0.5) is 0 Å². The Hall–Kier alpha value is -1.04. The number of rotatable bonds is 2. The van der Waals surface area contributed by atoms with E-state index in [1.165, 1.54) is 0 Å². The molecule has 0 fully saturated rings. The van der Waals surface area contributed by atoms with E-state index in [0.717, 1.165) is 6.42 Å². The second kappa shape index (κ2) is 32.5. The summed E-state index contributed by atoms with van der Waals surface area (Å²) >= 11 is 0. The minimum Gasteiger partial charge on any atom is -0.106 e. The number of hydrogen-bond donors (Lipinski definition) is 0. The van der Waals surface area contributed by atoms with Gasteiger partial charge in [-0.2, -0.15) is 0 Å². The molecule has 0 unspecified atom stereocenters. The first-order valence-electron chi connectivity index (χ1n) is 4.18. The summed E-state index contributed by atoms with van der Waals surface area (Å²) in [4.78, 5) is 0. The van der Waals surface area contributed by atoms with Gasteiger partial charge in [-0.1, -0.05) is 37.3 Å². The Morgan fingerprint density at radius 2 is 1.50 bits per heavy atom. The van der Waals surface area contributed by atoms with Crippen LogP contribution >= 0.6 is 0 Å². The lowest BCUT2D eigenvalue weighted by Gasteiger charge is -1.70. The SMILES string of the molecule is C/C=C/C=C/CC.C=C.C=CC. The molecule has 0 rings (SSSR count). The molecule has 0 spiro atoms. The molecule has 0 atom stereocenters. The number of allylic oxidation sites excluding steroid dienone is 5. The van der Waals surface area contributed by atoms with Gasteiger partial charge in [-0.3, -0.25) is 0 Å². The second-order valence-corrected chi connectivity index (χ2v) is 1.77. The van der Waals surface area contributed by atoms with E-state index in [0.29, 0.717) is 0 Å². The van der Waals surface area contributed by atoms with Gasteiger partial charge < -0.3 is 0 Å². The predicted molar refractivity (Wildman–Crippen MR) is 61.4 cm³/mol. The summed E-state index contributed by atoms with van der Waals surface area (Å²) in [6.45, 7) is 15.4. The van der Waals surface area contributed by atoms with E-state index in [1.807, 2.05) is 26.0 Å². The van der Waals surface area contributed by atoms with Crippen molar-refractivity contribution < 1.29 is 0 Å². The largest absolute Gasteiger partial charge is 0.106 e. The maximum absolute atomic E-state index is 3.36. The van der Waals surface area contributed by atoms with Gasteiger partial charge in [0.05, 0.1) is 0 Å². The molecule has 0 saturated carbocycles. The smallest absolute Gasteiger partial charge is 0.0376 e. The van der Waals surface area contributed by atoms with Crippen molar-refractivity contribution in [1.82, 2.24) is 0 Å². The van der Waals surface area contributed by atoms with Crippen LogP contribution in [0.2, 0.25) is 0 Å². The molecule has 0 aromatic heterocycles. The zero-order chi connectivity index (χ0) is 10.2. The third-order valence-electron chi connectivity index (χ3n) is 0.675. The topological polar surface area (TPSA) is 0 Å². The second-order valence-electron chi connectivity index (χ2n) is 1.77. The minimum atomic E-state index is 1.13. The summed E-state index contributed by atoms with van der Waals surface area (Å²) in [5, 5.41) is 0. The van der Waals surface area contributed by atoms with Gasteiger partial charge in [-0.15, -0.1) is 19.7 Å². The van der Waals surface area contributed by atoms with E-state index in [4.69, 9.17) is 0 Å². The van der Waals surface area contributed by atoms with E-state index in [9.17, 15) is 0 Å². The summed E-state index contributed by atoms with van der Waals surface area (Å²) in [5.74, 6) is 0. The van der Waals surface area contributed by atoms with Crippen molar-refractivity contribution in [3.8, 4) is 0 Å². The van der Waals surface area contributed by atoms with Crippen molar-refractivity contribution in [2.45, 2.75) is 27.2 Å². The predicted octanol–water partition coefficient (Wildman–Crippen LogP) is 4.52. The molecule has 0 radical (unpaired) electrons. The fraction of sp³-hybridized carbons (Fsp3) is 0.333. The van der Waals surface area contributed by atoms with E-state index in [2.05, 4.69) is 38.8 Å². The van der Waals surface area contributed by atoms with Crippen LogP contribution in [0.15, 0.2) is 50.1 Å². The van der Waals surface area contributed by atoms with Crippen LogP contribution < -0.4 is 0 Å². The molecule has 0 aliphatic carbocycles. The summed E-state index contributed by atoms with van der Waals surface area (Å²) in [6.07, 6.45) is 11.1. The monoisotopic (exact) mass is 166 g/mol. The highest BCUT2D eigenvalue weighted by atomic mass is 13.6. The van der Waals surface area contributed by atoms with Gasteiger partial charge in [-0.25, -0.2) is 0 Å². The third-order valence-corrected chi connectivity index (χ3v) is 0.675. The van der Waals surface area contributed by atoms with E-state index in [-0.39, 0.29) is 0 Å². The molecular formula is C12H22. The maximum atomic E-state index is 3.36. The van der Waals surface area contributed by atoms with E-state index in [1.54, 1.807) is 6.08 Å². The van der Waals surface area contributed by atoms with Gasteiger partial charge in [0.1, 0.15) is 0 Å². The summed E-state index contributed by atoms with van der Waals surface area (Å²) in [7, 11) is 0. The van der Waals surface area contributed by atoms with Crippen molar-refractivity contribution in [3.63, 3.8) is 0 Å². The Balaban J connectivity index is -0.000000137. The van der Waals surface area contributed by atoms with Crippen LogP contribution in [-0.4, -0.2) is 0 Å². The first-order chi connectivity index (χ1) is 5.83. The molecule has 0 aromatic rings. The molecule has 0 nitrogen and oxygen atoms in total. The van der Waals surface area contributed by atoms with Crippen molar-refractivity contribution >= 4 is 0 Å². The van der Waals surface area contributed by atoms with Gasteiger partial charge in [-0.05, 0) is 20.3 Å². The molecule has 0 aliphatic heterocycles. The molecule has 0 aromatic carbocycles. The molecule has 0 heterocycles. The molecular weight excluding hydrogens is 144 g/mol. The zero-order valence-electron chi connectivity index (χ0n) is 8.72. The van der Waals surface area contributed by atoms with Gasteiger partial charge >= 0.3 is 0 Å². The zero-order valence-corrected chi connectivity index (χ0v) is 8.72. The van der Waals surface area contributed by atoms with Crippen LogP contribution in [0.5, 0.6) is 0 Å². The fourth-order valence-electron chi connectivity index (χ4n) is 0.326. The third kappa shape index (κ3) is 64.8. The highest BCUT2D eigenvalue weighted by Crippen LogP contribution is 1.79. The molecule has 12 heavy (non-hydrogen) atoms. The molecule has 0 bridgehead atoms. The van der Waals surface area contributed by atoms with Crippen LogP contribution in [0.25, 0.3) is 0 Å². The molecule has 0 aliphatic rings. The Bertz CT molecular complexity index is 107. The molecule has 70 valence electrons. The van der Waals surface area contributed by atoms with Crippen molar-refractivity contribution in [2.75, 3.05) is 0 Å². The van der Waals surface area contributed by atoms with Crippen LogP contribution in [0.1, 0.15) is 27.2 Å². The number of hydrogen-bond acceptors (Lipinski definition) is 0. The highest BCUT2D eigenvalue weighted by Gasteiger charge is 1.57. The quantitative estimate of drug-likeness (QED) is 0.418. The van der Waals surface area contributed by atoms with Gasteiger partial charge in [0.2, 0.25) is 0 Å². The lowest BCUT2D eigenvalue weighted by molar-refractivity contribution is 1.22. The van der Waals surface area contributed by atoms with E-state index >= 15 is 0 Å². The standard InChI is InChI=1S/C7H12.C3H6.C2H4/c1-3-5-7-6-4-2;1-3-2;1-2/h3,5-7H,4H2,1-2H3;3H,1H2,2H3;1-2H2/b5-3+,7-6+;;. The summed E-state index contributed by atoms with van der Waals surface area (Å²) < 4.78 is 0. The van der Waals surface area contributed by atoms with Gasteiger partial charge in [0, 0.05) is 0 Å². The molecule has 0 N–H and O–H groups in total. The first-order valence-corrected chi connectivity index (χ1v) is 4.18. The Morgan fingerprint density at radius 3 is 1.75 bits per heavy atom. The molecule has 0 saturated heterocycles. The van der Waals surface area contributed by atoms with Crippen molar-refractivity contribution in [2.24, 2.45) is 0 Å².